The van der Waals surface area contributed by atoms with Crippen molar-refractivity contribution < 1.29 is 0 Å². The number of hydrogen-bond acceptors (Lipinski definition) is 0. The third-order valence-corrected chi connectivity index (χ3v) is 7.51. The first-order valence-electron chi connectivity index (χ1n) is 12.9. The van der Waals surface area contributed by atoms with E-state index in [1.54, 1.807) is 0 Å². The second-order valence-corrected chi connectivity index (χ2v) is 9.85. The fourth-order valence-electron chi connectivity index (χ4n) is 5.68. The van der Waals surface area contributed by atoms with Crippen LogP contribution in [0.4, 0.5) is 0 Å². The normalized spacial score (nSPS) is 11.4. The smallest absolute Gasteiger partial charge is 0.00261 e. The van der Waals surface area contributed by atoms with Gasteiger partial charge in [0.15, 0.2) is 0 Å². The Balaban J connectivity index is 1.62. The highest BCUT2D eigenvalue weighted by molar-refractivity contribution is 6.22. The van der Waals surface area contributed by atoms with E-state index < -0.39 is 0 Å². The van der Waals surface area contributed by atoms with Crippen molar-refractivity contribution in [1.29, 1.82) is 0 Å². The molecule has 7 aromatic rings. The van der Waals surface area contributed by atoms with E-state index in [1.165, 1.54) is 71.3 Å². The minimum Gasteiger partial charge on any atom is -0.0622 e. The molecule has 0 unspecified atom stereocenters. The molecule has 0 spiro atoms. The lowest BCUT2D eigenvalue weighted by Crippen LogP contribution is -1.92. The number of benzene rings is 7. The summed E-state index contributed by atoms with van der Waals surface area (Å²) in [5.74, 6) is 0. The van der Waals surface area contributed by atoms with Gasteiger partial charge < -0.3 is 0 Å². The molecule has 0 aliphatic carbocycles. The van der Waals surface area contributed by atoms with Crippen molar-refractivity contribution in [3.63, 3.8) is 0 Å². The van der Waals surface area contributed by atoms with E-state index in [2.05, 4.69) is 146 Å². The number of rotatable bonds is 3. The molecule has 0 saturated heterocycles. The molecule has 7 rings (SSSR count). The molecule has 0 heteroatoms. The molecule has 0 saturated carbocycles. The fourth-order valence-corrected chi connectivity index (χ4v) is 5.68. The maximum atomic E-state index is 2.39. The lowest BCUT2D eigenvalue weighted by molar-refractivity contribution is 1.47. The molecular weight excluding hydrogens is 444 g/mol. The van der Waals surface area contributed by atoms with Gasteiger partial charge in [-0.2, -0.15) is 0 Å². The standard InChI is InChI=1S/C37H26/c1-25-15-17-27(18-16-25)30-21-22-34-35(24-30)36(28-10-3-2-4-11-28)32-13-7-8-14-33(32)37(34)31-20-19-26-9-5-6-12-29(26)23-31/h2-24H,1H3. The average Bonchev–Trinajstić information content (AvgIpc) is 2.96. The number of fused-ring (bicyclic) bond motifs is 3. The van der Waals surface area contributed by atoms with E-state index in [0.29, 0.717) is 0 Å². The summed E-state index contributed by atoms with van der Waals surface area (Å²) in [5.41, 5.74) is 8.85. The van der Waals surface area contributed by atoms with Crippen molar-refractivity contribution in [3.8, 4) is 33.4 Å². The summed E-state index contributed by atoms with van der Waals surface area (Å²) >= 11 is 0. The molecular formula is C37H26. The first-order chi connectivity index (χ1) is 18.3. The third kappa shape index (κ3) is 3.70. The van der Waals surface area contributed by atoms with E-state index in [4.69, 9.17) is 0 Å². The van der Waals surface area contributed by atoms with Crippen LogP contribution in [0, 0.1) is 6.92 Å². The first kappa shape index (κ1) is 21.6. The molecule has 37 heavy (non-hydrogen) atoms. The van der Waals surface area contributed by atoms with Gasteiger partial charge in [0.2, 0.25) is 0 Å². The van der Waals surface area contributed by atoms with E-state index >= 15 is 0 Å². The Morgan fingerprint density at radius 1 is 0.324 bits per heavy atom. The van der Waals surface area contributed by atoms with Gasteiger partial charge in [-0.15, -0.1) is 0 Å². The SMILES string of the molecule is Cc1ccc(-c2ccc3c(-c4ccc5ccccc5c4)c4ccccc4c(-c4ccccc4)c3c2)cc1. The van der Waals surface area contributed by atoms with E-state index in [1.807, 2.05) is 0 Å². The molecule has 0 radical (unpaired) electrons. The first-order valence-corrected chi connectivity index (χ1v) is 12.9. The highest BCUT2D eigenvalue weighted by Crippen LogP contribution is 2.45. The predicted molar refractivity (Wildman–Crippen MR) is 160 cm³/mol. The van der Waals surface area contributed by atoms with Gasteiger partial charge in [-0.25, -0.2) is 0 Å². The summed E-state index contributed by atoms with van der Waals surface area (Å²) in [6.07, 6.45) is 0. The van der Waals surface area contributed by atoms with Crippen LogP contribution in [0.5, 0.6) is 0 Å². The Morgan fingerprint density at radius 2 is 0.892 bits per heavy atom. The van der Waals surface area contributed by atoms with Crippen molar-refractivity contribution in [2.24, 2.45) is 0 Å². The third-order valence-electron chi connectivity index (χ3n) is 7.51. The lowest BCUT2D eigenvalue weighted by Gasteiger charge is -2.19. The molecule has 0 fully saturated rings. The Morgan fingerprint density at radius 3 is 1.65 bits per heavy atom. The molecule has 0 heterocycles. The second kappa shape index (κ2) is 8.76. The van der Waals surface area contributed by atoms with E-state index in [-0.39, 0.29) is 0 Å². The van der Waals surface area contributed by atoms with Gasteiger partial charge in [0.25, 0.3) is 0 Å². The molecule has 0 bridgehead atoms. The van der Waals surface area contributed by atoms with Crippen molar-refractivity contribution >= 4 is 32.3 Å². The number of hydrogen-bond donors (Lipinski definition) is 0. The monoisotopic (exact) mass is 470 g/mol. The zero-order valence-electron chi connectivity index (χ0n) is 20.8. The Hall–Kier alpha value is -4.68. The molecule has 0 amide bonds. The van der Waals surface area contributed by atoms with Crippen LogP contribution in [0.2, 0.25) is 0 Å². The van der Waals surface area contributed by atoms with Gasteiger partial charge in [0.05, 0.1) is 0 Å². The second-order valence-electron chi connectivity index (χ2n) is 9.85. The summed E-state index contributed by atoms with van der Waals surface area (Å²) in [4.78, 5) is 0. The van der Waals surface area contributed by atoms with Crippen LogP contribution in [0.25, 0.3) is 65.7 Å². The largest absolute Gasteiger partial charge is 0.0622 e. The summed E-state index contributed by atoms with van der Waals surface area (Å²) in [7, 11) is 0. The molecule has 0 nitrogen and oxygen atoms in total. The zero-order valence-corrected chi connectivity index (χ0v) is 20.8. The van der Waals surface area contributed by atoms with Crippen LogP contribution in [0.15, 0.2) is 140 Å². The predicted octanol–water partition coefficient (Wildman–Crippen LogP) is 10.5. The van der Waals surface area contributed by atoms with Gasteiger partial charge >= 0.3 is 0 Å². The Kier molecular flexibility index (Phi) is 5.11. The summed E-state index contributed by atoms with van der Waals surface area (Å²) in [6, 6.07) is 51.0. The maximum Gasteiger partial charge on any atom is -0.00261 e. The van der Waals surface area contributed by atoms with Crippen LogP contribution in [0.3, 0.4) is 0 Å². The fraction of sp³-hybridized carbons (Fsp3) is 0.0270. The van der Waals surface area contributed by atoms with Crippen molar-refractivity contribution in [2.75, 3.05) is 0 Å². The lowest BCUT2D eigenvalue weighted by atomic mass is 9.84. The molecule has 7 aromatic carbocycles. The highest BCUT2D eigenvalue weighted by Gasteiger charge is 2.17. The van der Waals surface area contributed by atoms with Crippen molar-refractivity contribution in [1.82, 2.24) is 0 Å². The minimum atomic E-state index is 1.24. The number of aryl methyl sites for hydroxylation is 1. The van der Waals surface area contributed by atoms with Crippen LogP contribution in [-0.4, -0.2) is 0 Å². The van der Waals surface area contributed by atoms with E-state index in [9.17, 15) is 0 Å². The van der Waals surface area contributed by atoms with Crippen molar-refractivity contribution in [3.05, 3.63) is 145 Å². The van der Waals surface area contributed by atoms with Gasteiger partial charge in [0.1, 0.15) is 0 Å². The molecule has 0 aromatic heterocycles. The summed E-state index contributed by atoms with van der Waals surface area (Å²) < 4.78 is 0. The topological polar surface area (TPSA) is 0 Å². The van der Waals surface area contributed by atoms with E-state index in [0.717, 1.165) is 0 Å². The van der Waals surface area contributed by atoms with Gasteiger partial charge in [-0.05, 0) is 84.8 Å². The average molecular weight is 471 g/mol. The zero-order chi connectivity index (χ0) is 24.8. The van der Waals surface area contributed by atoms with Gasteiger partial charge in [-0.1, -0.05) is 133 Å². The van der Waals surface area contributed by atoms with Gasteiger partial charge in [0, 0.05) is 0 Å². The quantitative estimate of drug-likeness (QED) is 0.225. The van der Waals surface area contributed by atoms with Crippen LogP contribution in [-0.2, 0) is 0 Å². The molecule has 0 aliphatic heterocycles. The van der Waals surface area contributed by atoms with Crippen LogP contribution in [0.1, 0.15) is 5.56 Å². The Labute approximate surface area is 217 Å². The molecule has 0 aliphatic rings. The van der Waals surface area contributed by atoms with Crippen molar-refractivity contribution in [2.45, 2.75) is 6.92 Å². The summed E-state index contributed by atoms with van der Waals surface area (Å²) in [6.45, 7) is 2.14. The minimum absolute atomic E-state index is 1.24. The Bertz CT molecular complexity index is 1910. The maximum absolute atomic E-state index is 2.39. The molecule has 0 atom stereocenters. The molecule has 0 N–H and O–H groups in total. The van der Waals surface area contributed by atoms with Gasteiger partial charge in [-0.3, -0.25) is 0 Å². The van der Waals surface area contributed by atoms with Crippen LogP contribution < -0.4 is 0 Å². The van der Waals surface area contributed by atoms with Crippen LogP contribution >= 0.6 is 0 Å². The summed E-state index contributed by atoms with van der Waals surface area (Å²) in [5, 5.41) is 7.66. The highest BCUT2D eigenvalue weighted by atomic mass is 14.2. The molecule has 174 valence electrons.